The molecular weight excluding hydrogens is 112 g/mol. The highest BCUT2D eigenvalue weighted by Crippen LogP contribution is 2.49. The Bertz CT molecular complexity index is 130. The van der Waals surface area contributed by atoms with E-state index in [1.807, 2.05) is 0 Å². The number of hydrogen-bond donors (Lipinski definition) is 2. The highest BCUT2D eigenvalue weighted by Gasteiger charge is 2.56. The molecule has 0 aromatic carbocycles. The predicted molar refractivity (Wildman–Crippen MR) is 37.1 cm³/mol. The zero-order chi connectivity index (χ0) is 6.54. The molecule has 2 heteroatoms. The molecule has 3 N–H and O–H groups in total. The minimum Gasteiger partial charge on any atom is -0.324 e. The van der Waals surface area contributed by atoms with E-state index < -0.39 is 0 Å². The lowest BCUT2D eigenvalue weighted by Crippen LogP contribution is -2.61. The Balaban J connectivity index is 2.26. The van der Waals surface area contributed by atoms with Crippen LogP contribution in [0.3, 0.4) is 0 Å². The van der Waals surface area contributed by atoms with Crippen molar-refractivity contribution in [1.29, 1.82) is 0 Å². The molecule has 1 aliphatic heterocycles. The molecule has 1 heterocycles. The third-order valence-electron chi connectivity index (χ3n) is 3.28. The predicted octanol–water partition coefficient (Wildman–Crippen LogP) is 0.0872. The number of nitrogens with one attached hydrogen (secondary N) is 1. The summed E-state index contributed by atoms with van der Waals surface area (Å²) in [4.78, 5) is 0. The Morgan fingerprint density at radius 1 is 1.33 bits per heavy atom. The van der Waals surface area contributed by atoms with Gasteiger partial charge in [-0.25, -0.2) is 0 Å². The highest BCUT2D eigenvalue weighted by atomic mass is 15.1. The lowest BCUT2D eigenvalue weighted by atomic mass is 9.58. The molecule has 2 fully saturated rings. The summed E-state index contributed by atoms with van der Waals surface area (Å²) in [7, 11) is 0. The van der Waals surface area contributed by atoms with E-state index in [4.69, 9.17) is 5.73 Å². The maximum Gasteiger partial charge on any atom is 0.0347 e. The third kappa shape index (κ3) is 0.485. The first-order valence-corrected chi connectivity index (χ1v) is 3.66. The summed E-state index contributed by atoms with van der Waals surface area (Å²) in [5, 5.41) is 3.34. The van der Waals surface area contributed by atoms with Crippen LogP contribution in [0.15, 0.2) is 0 Å². The van der Waals surface area contributed by atoms with Crippen LogP contribution in [-0.4, -0.2) is 18.6 Å². The van der Waals surface area contributed by atoms with Crippen LogP contribution in [0.5, 0.6) is 0 Å². The fourth-order valence-electron chi connectivity index (χ4n) is 2.00. The molecule has 1 saturated heterocycles. The molecule has 9 heavy (non-hydrogen) atoms. The van der Waals surface area contributed by atoms with Gasteiger partial charge in [0.2, 0.25) is 0 Å². The van der Waals surface area contributed by atoms with Gasteiger partial charge in [-0.05, 0) is 18.3 Å². The van der Waals surface area contributed by atoms with Gasteiger partial charge in [0, 0.05) is 18.6 Å². The van der Waals surface area contributed by atoms with Crippen molar-refractivity contribution >= 4 is 0 Å². The van der Waals surface area contributed by atoms with Crippen LogP contribution < -0.4 is 11.1 Å². The summed E-state index contributed by atoms with van der Waals surface area (Å²) in [6.07, 6.45) is 2.53. The summed E-state index contributed by atoms with van der Waals surface area (Å²) in [5.74, 6) is 0. The maximum absolute atomic E-state index is 6.08. The first kappa shape index (κ1) is 5.69. The molecule has 1 aliphatic carbocycles. The van der Waals surface area contributed by atoms with E-state index in [-0.39, 0.29) is 5.54 Å². The lowest BCUT2D eigenvalue weighted by molar-refractivity contribution is 0.0718. The summed E-state index contributed by atoms with van der Waals surface area (Å²) in [5.41, 5.74) is 6.68. The molecular formula is C7H14N2. The third-order valence-corrected chi connectivity index (χ3v) is 3.28. The second-order valence-corrected chi connectivity index (χ2v) is 3.82. The first-order valence-electron chi connectivity index (χ1n) is 3.66. The average Bonchev–Trinajstić information content (AvgIpc) is 1.98. The number of rotatable bonds is 0. The zero-order valence-electron chi connectivity index (χ0n) is 5.91. The Kier molecular flexibility index (Phi) is 0.837. The second-order valence-electron chi connectivity index (χ2n) is 3.82. The minimum absolute atomic E-state index is 0.160. The summed E-state index contributed by atoms with van der Waals surface area (Å²) in [6, 6.07) is 0. The van der Waals surface area contributed by atoms with Crippen LogP contribution in [-0.2, 0) is 0 Å². The van der Waals surface area contributed by atoms with Crippen molar-refractivity contribution in [1.82, 2.24) is 5.32 Å². The molecule has 2 atom stereocenters. The molecule has 0 aromatic rings. The number of hydrogen-bond acceptors (Lipinski definition) is 2. The Labute approximate surface area is 55.8 Å². The summed E-state index contributed by atoms with van der Waals surface area (Å²) >= 11 is 0. The molecule has 2 nitrogen and oxygen atoms in total. The Hall–Kier alpha value is -0.0800. The van der Waals surface area contributed by atoms with Gasteiger partial charge < -0.3 is 11.1 Å². The standard InChI is InChI=1S/C7H14N2/c1-6-2-3-7(6,8)5-9-4-6/h9H,2-5,8H2,1H3/t6-,7-/m1/s1. The zero-order valence-corrected chi connectivity index (χ0v) is 5.91. The van der Waals surface area contributed by atoms with Crippen LogP contribution in [0.4, 0.5) is 0 Å². The van der Waals surface area contributed by atoms with Crippen molar-refractivity contribution in [2.45, 2.75) is 25.3 Å². The van der Waals surface area contributed by atoms with Gasteiger partial charge in [-0.15, -0.1) is 0 Å². The van der Waals surface area contributed by atoms with Gasteiger partial charge in [0.15, 0.2) is 0 Å². The van der Waals surface area contributed by atoms with Crippen LogP contribution in [0.1, 0.15) is 19.8 Å². The van der Waals surface area contributed by atoms with E-state index in [0.29, 0.717) is 5.41 Å². The van der Waals surface area contributed by atoms with E-state index in [1.54, 1.807) is 0 Å². The smallest absolute Gasteiger partial charge is 0.0347 e. The maximum atomic E-state index is 6.08. The molecule has 0 aromatic heterocycles. The monoisotopic (exact) mass is 126 g/mol. The van der Waals surface area contributed by atoms with Crippen LogP contribution in [0.2, 0.25) is 0 Å². The molecule has 0 bridgehead atoms. The molecule has 2 aliphatic rings. The van der Waals surface area contributed by atoms with Gasteiger partial charge >= 0.3 is 0 Å². The molecule has 0 amide bonds. The van der Waals surface area contributed by atoms with Crippen molar-refractivity contribution in [3.05, 3.63) is 0 Å². The van der Waals surface area contributed by atoms with Gasteiger partial charge in [-0.2, -0.15) is 0 Å². The quantitative estimate of drug-likeness (QED) is 0.482. The van der Waals surface area contributed by atoms with Crippen molar-refractivity contribution < 1.29 is 0 Å². The number of fused-ring (bicyclic) bond motifs is 1. The molecule has 52 valence electrons. The lowest BCUT2D eigenvalue weighted by Gasteiger charge is -2.50. The fourth-order valence-corrected chi connectivity index (χ4v) is 2.00. The van der Waals surface area contributed by atoms with Crippen LogP contribution in [0.25, 0.3) is 0 Å². The SMILES string of the molecule is C[C@]12CC[C@@]1(N)CNC2. The Morgan fingerprint density at radius 3 is 2.33 bits per heavy atom. The van der Waals surface area contributed by atoms with Gasteiger partial charge in [0.25, 0.3) is 0 Å². The van der Waals surface area contributed by atoms with Crippen molar-refractivity contribution in [3.8, 4) is 0 Å². The van der Waals surface area contributed by atoms with Gasteiger partial charge in [-0.1, -0.05) is 6.92 Å². The van der Waals surface area contributed by atoms with Gasteiger partial charge in [-0.3, -0.25) is 0 Å². The number of nitrogens with two attached hydrogens (primary N) is 1. The molecule has 0 spiro atoms. The van der Waals surface area contributed by atoms with Crippen LogP contribution in [0, 0.1) is 5.41 Å². The summed E-state index contributed by atoms with van der Waals surface area (Å²) in [6.45, 7) is 4.45. The first-order chi connectivity index (χ1) is 4.16. The van der Waals surface area contributed by atoms with Crippen molar-refractivity contribution in [2.75, 3.05) is 13.1 Å². The highest BCUT2D eigenvalue weighted by molar-refractivity contribution is 5.15. The summed E-state index contributed by atoms with van der Waals surface area (Å²) < 4.78 is 0. The van der Waals surface area contributed by atoms with E-state index >= 15 is 0 Å². The van der Waals surface area contributed by atoms with Gasteiger partial charge in [0.1, 0.15) is 0 Å². The van der Waals surface area contributed by atoms with Gasteiger partial charge in [0.05, 0.1) is 0 Å². The van der Waals surface area contributed by atoms with Crippen molar-refractivity contribution in [2.24, 2.45) is 11.1 Å². The average molecular weight is 126 g/mol. The fraction of sp³-hybridized carbons (Fsp3) is 1.00. The van der Waals surface area contributed by atoms with E-state index in [9.17, 15) is 0 Å². The van der Waals surface area contributed by atoms with Crippen molar-refractivity contribution in [3.63, 3.8) is 0 Å². The Morgan fingerprint density at radius 2 is 2.11 bits per heavy atom. The molecule has 0 unspecified atom stereocenters. The largest absolute Gasteiger partial charge is 0.324 e. The second kappa shape index (κ2) is 1.32. The molecule has 2 rings (SSSR count). The van der Waals surface area contributed by atoms with E-state index in [2.05, 4.69) is 12.2 Å². The van der Waals surface area contributed by atoms with Crippen LogP contribution >= 0.6 is 0 Å². The normalized spacial score (nSPS) is 56.7. The van der Waals surface area contributed by atoms with E-state index in [0.717, 1.165) is 13.1 Å². The molecule has 0 radical (unpaired) electrons. The topological polar surface area (TPSA) is 38.0 Å². The molecule has 1 saturated carbocycles. The minimum atomic E-state index is 0.160. The van der Waals surface area contributed by atoms with E-state index in [1.165, 1.54) is 12.8 Å².